The van der Waals surface area contributed by atoms with E-state index in [0.29, 0.717) is 5.69 Å². The van der Waals surface area contributed by atoms with E-state index in [4.69, 9.17) is 0 Å². The van der Waals surface area contributed by atoms with Gasteiger partial charge in [-0.2, -0.15) is 5.10 Å². The van der Waals surface area contributed by atoms with Crippen LogP contribution in [0.5, 0.6) is 0 Å². The maximum absolute atomic E-state index is 13.5. The average molecular weight is 515 g/mol. The van der Waals surface area contributed by atoms with Gasteiger partial charge in [-0.05, 0) is 75.7 Å². The Labute approximate surface area is 218 Å². The van der Waals surface area contributed by atoms with Crippen LogP contribution in [0.25, 0.3) is 5.69 Å². The highest BCUT2D eigenvalue weighted by molar-refractivity contribution is 7.92. The highest BCUT2D eigenvalue weighted by atomic mass is 32.2. The van der Waals surface area contributed by atoms with Gasteiger partial charge >= 0.3 is 0 Å². The fraction of sp³-hybridized carbons (Fsp3) is 0.172. The van der Waals surface area contributed by atoms with Crippen LogP contribution in [0.2, 0.25) is 0 Å². The van der Waals surface area contributed by atoms with Crippen molar-refractivity contribution >= 4 is 27.8 Å². The van der Waals surface area contributed by atoms with E-state index in [9.17, 15) is 13.2 Å². The van der Waals surface area contributed by atoms with Crippen LogP contribution < -0.4 is 9.73 Å². The predicted octanol–water partition coefficient (Wildman–Crippen LogP) is 5.06. The maximum atomic E-state index is 13.5. The van der Waals surface area contributed by atoms with Gasteiger partial charge in [-0.25, -0.2) is 13.8 Å². The molecule has 0 aliphatic rings. The van der Waals surface area contributed by atoms with Gasteiger partial charge in [-0.3, -0.25) is 9.10 Å². The zero-order chi connectivity index (χ0) is 26.6. The van der Waals surface area contributed by atoms with Gasteiger partial charge in [0, 0.05) is 22.6 Å². The molecule has 1 N–H and O–H groups in total. The second-order valence-electron chi connectivity index (χ2n) is 8.95. The van der Waals surface area contributed by atoms with E-state index in [2.05, 4.69) is 15.1 Å². The minimum atomic E-state index is -3.98. The van der Waals surface area contributed by atoms with Crippen LogP contribution in [0.4, 0.5) is 5.69 Å². The van der Waals surface area contributed by atoms with Gasteiger partial charge in [0.05, 0.1) is 16.8 Å². The summed E-state index contributed by atoms with van der Waals surface area (Å²) in [6.45, 7) is 7.33. The molecule has 4 rings (SSSR count). The summed E-state index contributed by atoms with van der Waals surface area (Å²) in [5, 5.41) is 4.12. The normalized spacial score (nSPS) is 11.6. The molecule has 0 atom stereocenters. The first-order chi connectivity index (χ1) is 17.7. The molecule has 8 heteroatoms. The Hall–Kier alpha value is -4.17. The molecule has 4 aromatic rings. The number of hydrazone groups is 1. The lowest BCUT2D eigenvalue weighted by atomic mass is 10.2. The molecule has 0 fully saturated rings. The molecule has 0 aliphatic heterocycles. The number of carbonyl (C=O) groups is 1. The third kappa shape index (κ3) is 5.81. The summed E-state index contributed by atoms with van der Waals surface area (Å²) in [4.78, 5) is 13.0. The van der Waals surface area contributed by atoms with Crippen LogP contribution in [0.1, 0.15) is 28.1 Å². The quantitative estimate of drug-likeness (QED) is 0.264. The Morgan fingerprint density at radius 1 is 0.892 bits per heavy atom. The molecular weight excluding hydrogens is 484 g/mol. The Balaban J connectivity index is 1.55. The number of nitrogens with zero attached hydrogens (tertiary/aromatic N) is 3. The minimum absolute atomic E-state index is 0.115. The summed E-state index contributed by atoms with van der Waals surface area (Å²) >= 11 is 0. The van der Waals surface area contributed by atoms with Crippen LogP contribution >= 0.6 is 0 Å². The number of nitrogens with one attached hydrogen (secondary N) is 1. The predicted molar refractivity (Wildman–Crippen MR) is 148 cm³/mol. The number of hydrogen-bond acceptors (Lipinski definition) is 4. The second-order valence-corrected chi connectivity index (χ2v) is 10.8. The van der Waals surface area contributed by atoms with Crippen LogP contribution in [-0.4, -0.2) is 31.7 Å². The number of hydrogen-bond donors (Lipinski definition) is 1. The van der Waals surface area contributed by atoms with Crippen molar-refractivity contribution in [1.82, 2.24) is 9.99 Å². The number of aromatic nitrogens is 1. The first kappa shape index (κ1) is 25.9. The summed E-state index contributed by atoms with van der Waals surface area (Å²) in [5.74, 6) is -0.551. The number of sulfonamides is 1. The van der Waals surface area contributed by atoms with E-state index in [1.807, 2.05) is 70.2 Å². The van der Waals surface area contributed by atoms with Crippen molar-refractivity contribution in [3.63, 3.8) is 0 Å². The second kappa shape index (κ2) is 10.8. The molecule has 1 aromatic heterocycles. The molecule has 0 saturated heterocycles. The molecule has 0 bridgehead atoms. The number of rotatable bonds is 8. The van der Waals surface area contributed by atoms with Crippen LogP contribution in [0.15, 0.2) is 94.9 Å². The van der Waals surface area contributed by atoms with E-state index in [-0.39, 0.29) is 4.90 Å². The van der Waals surface area contributed by atoms with E-state index < -0.39 is 22.5 Å². The number of amides is 1. The third-order valence-corrected chi connectivity index (χ3v) is 7.85. The van der Waals surface area contributed by atoms with Gasteiger partial charge in [-0.1, -0.05) is 48.0 Å². The molecule has 0 aliphatic carbocycles. The number of anilines is 1. The highest BCUT2D eigenvalue weighted by Crippen LogP contribution is 2.25. The van der Waals surface area contributed by atoms with Crippen molar-refractivity contribution < 1.29 is 13.2 Å². The summed E-state index contributed by atoms with van der Waals surface area (Å²) < 4.78 is 30.2. The van der Waals surface area contributed by atoms with Crippen molar-refractivity contribution in [3.8, 4) is 5.69 Å². The van der Waals surface area contributed by atoms with Gasteiger partial charge in [0.25, 0.3) is 15.9 Å². The lowest BCUT2D eigenvalue weighted by Gasteiger charge is -2.24. The molecule has 190 valence electrons. The van der Waals surface area contributed by atoms with Gasteiger partial charge in [0.2, 0.25) is 0 Å². The number of aryl methyl sites for hydroxylation is 3. The molecule has 1 heterocycles. The third-order valence-electron chi connectivity index (χ3n) is 6.06. The Morgan fingerprint density at radius 3 is 2.27 bits per heavy atom. The minimum Gasteiger partial charge on any atom is -0.318 e. The number of para-hydroxylation sites is 1. The molecule has 0 saturated carbocycles. The monoisotopic (exact) mass is 514 g/mol. The van der Waals surface area contributed by atoms with E-state index in [0.717, 1.165) is 38.1 Å². The first-order valence-corrected chi connectivity index (χ1v) is 13.3. The maximum Gasteiger partial charge on any atom is 0.264 e. The van der Waals surface area contributed by atoms with Gasteiger partial charge in [-0.15, -0.1) is 0 Å². The highest BCUT2D eigenvalue weighted by Gasteiger charge is 2.27. The molecule has 0 radical (unpaired) electrons. The lowest BCUT2D eigenvalue weighted by molar-refractivity contribution is -0.119. The van der Waals surface area contributed by atoms with Crippen LogP contribution in [0, 0.1) is 27.7 Å². The number of benzene rings is 3. The smallest absolute Gasteiger partial charge is 0.264 e. The number of carbonyl (C=O) groups excluding carboxylic acids is 1. The molecule has 1 amide bonds. The fourth-order valence-corrected chi connectivity index (χ4v) is 5.58. The van der Waals surface area contributed by atoms with Gasteiger partial charge in [0.15, 0.2) is 0 Å². The Bertz CT molecular complexity index is 1540. The Morgan fingerprint density at radius 2 is 1.59 bits per heavy atom. The molecule has 7 nitrogen and oxygen atoms in total. The summed E-state index contributed by atoms with van der Waals surface area (Å²) in [7, 11) is -3.98. The molecule has 3 aromatic carbocycles. The zero-order valence-corrected chi connectivity index (χ0v) is 22.2. The van der Waals surface area contributed by atoms with E-state index >= 15 is 0 Å². The molecule has 0 unspecified atom stereocenters. The topological polar surface area (TPSA) is 83.8 Å². The van der Waals surface area contributed by atoms with Crippen LogP contribution in [-0.2, 0) is 14.8 Å². The summed E-state index contributed by atoms with van der Waals surface area (Å²) in [6.07, 6.45) is 1.57. The van der Waals surface area contributed by atoms with E-state index in [1.54, 1.807) is 48.7 Å². The van der Waals surface area contributed by atoms with Crippen molar-refractivity contribution in [2.75, 3.05) is 10.8 Å². The fourth-order valence-electron chi connectivity index (χ4n) is 4.17. The standard InChI is InChI=1S/C29H30N4O3S/c1-21-13-15-28(16-14-21)37(35,36)32(27-12-8-9-22(2)17-27)20-29(34)31-30-19-25-18-23(3)33(24(25)4)26-10-6-5-7-11-26/h5-19H,20H2,1-4H3,(H,31,34)/b30-19-. The average Bonchev–Trinajstić information content (AvgIpc) is 3.15. The van der Waals surface area contributed by atoms with Crippen molar-refractivity contribution in [3.05, 3.63) is 113 Å². The van der Waals surface area contributed by atoms with Crippen molar-refractivity contribution in [1.29, 1.82) is 0 Å². The zero-order valence-electron chi connectivity index (χ0n) is 21.3. The van der Waals surface area contributed by atoms with Gasteiger partial charge < -0.3 is 4.57 Å². The summed E-state index contributed by atoms with van der Waals surface area (Å²) in [6, 6.07) is 25.6. The van der Waals surface area contributed by atoms with Crippen molar-refractivity contribution in [2.24, 2.45) is 5.10 Å². The SMILES string of the molecule is Cc1ccc(S(=O)(=O)N(CC(=O)N/N=C\c2cc(C)n(-c3ccccc3)c2C)c2cccc(C)c2)cc1. The first-order valence-electron chi connectivity index (χ1n) is 11.9. The largest absolute Gasteiger partial charge is 0.318 e. The van der Waals surface area contributed by atoms with Crippen LogP contribution in [0.3, 0.4) is 0 Å². The molecule has 0 spiro atoms. The van der Waals surface area contributed by atoms with Gasteiger partial charge in [0.1, 0.15) is 6.54 Å². The molecular formula is C29H30N4O3S. The Kier molecular flexibility index (Phi) is 7.59. The lowest BCUT2D eigenvalue weighted by Crippen LogP contribution is -2.39. The van der Waals surface area contributed by atoms with E-state index in [1.165, 1.54) is 0 Å². The van der Waals surface area contributed by atoms with Crippen molar-refractivity contribution in [2.45, 2.75) is 32.6 Å². The summed E-state index contributed by atoms with van der Waals surface area (Å²) in [5.41, 5.74) is 8.63. The molecule has 37 heavy (non-hydrogen) atoms.